The van der Waals surface area contributed by atoms with E-state index < -0.39 is 0 Å². The highest BCUT2D eigenvalue weighted by atomic mass is 32.1. The standard InChI is InChI=1S/C19H15N5O2S/c20-19-23-14(18(26)24-19)10-6-7-21-17(25)15-12(10)16-13(22-15)11(8-27-16)9-4-2-1-3-5-9/h1-5,8,26H,6-7H2,(H,21,25)(H3,20,23,24). The Morgan fingerprint density at radius 2 is 2.04 bits per heavy atom. The lowest BCUT2D eigenvalue weighted by Gasteiger charge is -2.07. The third-order valence-electron chi connectivity index (χ3n) is 4.72. The number of nitrogens with zero attached hydrogens (tertiary/aromatic N) is 2. The predicted octanol–water partition coefficient (Wildman–Crippen LogP) is 2.94. The summed E-state index contributed by atoms with van der Waals surface area (Å²) in [5.74, 6) is -0.252. The molecule has 0 saturated heterocycles. The minimum atomic E-state index is -0.214. The first kappa shape index (κ1) is 15.8. The van der Waals surface area contributed by atoms with Crippen LogP contribution in [0.25, 0.3) is 22.3 Å². The number of hydrogen-bond donors (Lipinski definition) is 4. The van der Waals surface area contributed by atoms with Crippen molar-refractivity contribution in [3.63, 3.8) is 0 Å². The molecule has 1 amide bonds. The van der Waals surface area contributed by atoms with Crippen molar-refractivity contribution >= 4 is 45.7 Å². The number of H-pyrrole nitrogens is 1. The molecule has 134 valence electrons. The van der Waals surface area contributed by atoms with E-state index in [1.54, 1.807) is 11.3 Å². The maximum atomic E-state index is 12.6. The van der Waals surface area contributed by atoms with E-state index in [9.17, 15) is 9.90 Å². The molecule has 5 rings (SSSR count). The van der Waals surface area contributed by atoms with Crippen molar-refractivity contribution < 1.29 is 9.90 Å². The maximum Gasteiger partial charge on any atom is 0.270 e. The van der Waals surface area contributed by atoms with Gasteiger partial charge in [0, 0.05) is 23.1 Å². The number of nitrogens with two attached hydrogens (primary N) is 1. The van der Waals surface area contributed by atoms with Gasteiger partial charge in [0.05, 0.1) is 10.6 Å². The topological polar surface area (TPSA) is 116 Å². The van der Waals surface area contributed by atoms with Crippen LogP contribution in [-0.4, -0.2) is 33.2 Å². The number of rotatable bonds is 2. The number of aromatic nitrogens is 2. The van der Waals surface area contributed by atoms with Crippen LogP contribution in [0.2, 0.25) is 0 Å². The number of amides is 1. The molecule has 2 aliphatic rings. The Bertz CT molecular complexity index is 1140. The van der Waals surface area contributed by atoms with Gasteiger partial charge in [0.2, 0.25) is 11.8 Å². The fourth-order valence-corrected chi connectivity index (χ4v) is 4.62. The summed E-state index contributed by atoms with van der Waals surface area (Å²) in [6.07, 6.45) is 0.535. The number of carbonyl (C=O) groups excluding carboxylic acids is 1. The molecular weight excluding hydrogens is 362 g/mol. The third kappa shape index (κ3) is 2.37. The van der Waals surface area contributed by atoms with E-state index in [4.69, 9.17) is 5.73 Å². The van der Waals surface area contributed by atoms with Gasteiger partial charge in [0.15, 0.2) is 0 Å². The van der Waals surface area contributed by atoms with E-state index in [0.29, 0.717) is 24.4 Å². The van der Waals surface area contributed by atoms with Crippen LogP contribution in [0.15, 0.2) is 40.7 Å². The van der Waals surface area contributed by atoms with Gasteiger partial charge in [0.25, 0.3) is 5.91 Å². The van der Waals surface area contributed by atoms with Gasteiger partial charge in [-0.2, -0.15) is 4.98 Å². The Balaban J connectivity index is 1.77. The quantitative estimate of drug-likeness (QED) is 0.549. The number of hydrogen-bond acceptors (Lipinski definition) is 6. The summed E-state index contributed by atoms with van der Waals surface area (Å²) in [6.45, 7) is 0.446. The van der Waals surface area contributed by atoms with Crippen molar-refractivity contribution in [3.05, 3.63) is 46.3 Å². The Labute approximate surface area is 158 Å². The van der Waals surface area contributed by atoms with Crippen molar-refractivity contribution in [1.82, 2.24) is 15.3 Å². The van der Waals surface area contributed by atoms with E-state index >= 15 is 0 Å². The molecule has 0 radical (unpaired) electrons. The van der Waals surface area contributed by atoms with Gasteiger partial charge < -0.3 is 21.1 Å². The van der Waals surface area contributed by atoms with E-state index in [0.717, 1.165) is 32.8 Å². The van der Waals surface area contributed by atoms with Crippen molar-refractivity contribution in [1.29, 1.82) is 0 Å². The number of nitrogen functional groups attached to an aromatic ring is 1. The first-order chi connectivity index (χ1) is 13.1. The summed E-state index contributed by atoms with van der Waals surface area (Å²) >= 11 is 1.54. The third-order valence-corrected chi connectivity index (χ3v) is 5.71. The number of aliphatic imine (C=N–C) groups is 1. The molecule has 27 heavy (non-hydrogen) atoms. The number of aromatic amines is 1. The second-order valence-corrected chi connectivity index (χ2v) is 7.21. The van der Waals surface area contributed by atoms with E-state index in [1.165, 1.54) is 0 Å². The zero-order chi connectivity index (χ0) is 18.5. The molecule has 0 fully saturated rings. The highest BCUT2D eigenvalue weighted by molar-refractivity contribution is 7.13. The minimum Gasteiger partial charge on any atom is -0.492 e. The average Bonchev–Trinajstić information content (AvgIpc) is 3.30. The molecule has 0 saturated carbocycles. The largest absolute Gasteiger partial charge is 0.492 e. The van der Waals surface area contributed by atoms with E-state index in [2.05, 4.69) is 25.7 Å². The summed E-state index contributed by atoms with van der Waals surface area (Å²) in [5, 5.41) is 15.1. The fraction of sp³-hybridized carbons (Fsp3) is 0.105. The number of thiophene rings is 1. The lowest BCUT2D eigenvalue weighted by Crippen LogP contribution is -2.29. The van der Waals surface area contributed by atoms with Gasteiger partial charge in [0.1, 0.15) is 11.4 Å². The van der Waals surface area contributed by atoms with Crippen LogP contribution < -0.4 is 11.1 Å². The molecule has 5 N–H and O–H groups in total. The van der Waals surface area contributed by atoms with Crippen LogP contribution in [0.1, 0.15) is 17.0 Å². The second-order valence-electron chi connectivity index (χ2n) is 6.33. The van der Waals surface area contributed by atoms with Crippen LogP contribution in [0, 0.1) is 0 Å². The minimum absolute atomic E-state index is 0.131. The van der Waals surface area contributed by atoms with E-state index in [1.807, 2.05) is 30.3 Å². The number of imidazole rings is 1. The van der Waals surface area contributed by atoms with Crippen molar-refractivity contribution in [2.24, 2.45) is 4.99 Å². The monoisotopic (exact) mass is 377 g/mol. The molecule has 3 aromatic rings. The first-order valence-electron chi connectivity index (χ1n) is 8.46. The zero-order valence-electron chi connectivity index (χ0n) is 14.1. The van der Waals surface area contributed by atoms with Crippen LogP contribution in [0.4, 0.5) is 11.6 Å². The number of aromatic hydroxyl groups is 1. The number of carbonyl (C=O) groups is 1. The van der Waals surface area contributed by atoms with Gasteiger partial charge in [-0.05, 0) is 17.6 Å². The number of nitrogens with one attached hydrogen (secondary N) is 2. The number of benzene rings is 1. The van der Waals surface area contributed by atoms with Crippen molar-refractivity contribution in [3.8, 4) is 17.0 Å². The van der Waals surface area contributed by atoms with Crippen LogP contribution >= 0.6 is 11.3 Å². The lowest BCUT2D eigenvalue weighted by atomic mass is 9.98. The first-order valence-corrected chi connectivity index (χ1v) is 9.34. The Morgan fingerprint density at radius 3 is 2.78 bits per heavy atom. The molecule has 0 atom stereocenters. The molecule has 0 bridgehead atoms. The van der Waals surface area contributed by atoms with Crippen LogP contribution in [-0.2, 0) is 4.79 Å². The fourth-order valence-electron chi connectivity index (χ4n) is 3.53. The van der Waals surface area contributed by atoms with Gasteiger partial charge in [-0.3, -0.25) is 4.79 Å². The molecule has 0 unspecified atom stereocenters. The smallest absolute Gasteiger partial charge is 0.270 e. The van der Waals surface area contributed by atoms with Crippen molar-refractivity contribution in [2.75, 3.05) is 12.3 Å². The summed E-state index contributed by atoms with van der Waals surface area (Å²) < 4.78 is 0. The summed E-state index contributed by atoms with van der Waals surface area (Å²) in [5.41, 5.74) is 10.9. The zero-order valence-corrected chi connectivity index (χ0v) is 14.9. The van der Waals surface area contributed by atoms with Gasteiger partial charge in [-0.1, -0.05) is 30.3 Å². The van der Waals surface area contributed by atoms with Crippen molar-refractivity contribution in [2.45, 2.75) is 6.42 Å². The molecular formula is C19H15N5O2S. The highest BCUT2D eigenvalue weighted by Gasteiger charge is 2.35. The van der Waals surface area contributed by atoms with E-state index in [-0.39, 0.29) is 17.7 Å². The predicted molar refractivity (Wildman–Crippen MR) is 106 cm³/mol. The van der Waals surface area contributed by atoms with Crippen LogP contribution in [0.5, 0.6) is 5.88 Å². The molecule has 4 heterocycles. The molecule has 2 aromatic heterocycles. The number of fused-ring (bicyclic) bond motifs is 3. The summed E-state index contributed by atoms with van der Waals surface area (Å²) in [6, 6.07) is 9.96. The summed E-state index contributed by atoms with van der Waals surface area (Å²) in [4.78, 5) is 25.0. The SMILES string of the molecule is Nc1nc(O)c(C2=C3C(=Nc4c(-c5ccccc5)csc43)C(=O)NCC2)[nH]1. The second kappa shape index (κ2) is 5.82. The highest BCUT2D eigenvalue weighted by Crippen LogP contribution is 2.50. The summed E-state index contributed by atoms with van der Waals surface area (Å²) in [7, 11) is 0. The lowest BCUT2D eigenvalue weighted by molar-refractivity contribution is -0.114. The van der Waals surface area contributed by atoms with Gasteiger partial charge >= 0.3 is 0 Å². The Morgan fingerprint density at radius 1 is 1.22 bits per heavy atom. The van der Waals surface area contributed by atoms with Gasteiger partial charge in [-0.15, -0.1) is 11.3 Å². The molecule has 2 aliphatic heterocycles. The Hall–Kier alpha value is -3.39. The average molecular weight is 377 g/mol. The normalized spacial score (nSPS) is 15.9. The molecule has 0 spiro atoms. The molecule has 8 heteroatoms. The maximum absolute atomic E-state index is 12.6. The molecule has 0 aliphatic carbocycles. The van der Waals surface area contributed by atoms with Gasteiger partial charge in [-0.25, -0.2) is 4.99 Å². The Kier molecular flexibility index (Phi) is 3.41. The van der Waals surface area contributed by atoms with Crippen LogP contribution in [0.3, 0.4) is 0 Å². The molecule has 7 nitrogen and oxygen atoms in total. The number of anilines is 1. The molecule has 1 aromatic carbocycles.